The van der Waals surface area contributed by atoms with Crippen LogP contribution in [0.25, 0.3) is 0 Å². The number of hydrogen-bond donors (Lipinski definition) is 0. The number of carbonyl (C=O) groups excluding carboxylic acids is 2. The summed E-state index contributed by atoms with van der Waals surface area (Å²) in [6.45, 7) is 2.01. The van der Waals surface area contributed by atoms with E-state index < -0.39 is 10.2 Å². The quantitative estimate of drug-likeness (QED) is 0.664. The Kier molecular flexibility index (Phi) is 5.68. The van der Waals surface area contributed by atoms with E-state index in [0.29, 0.717) is 45.2 Å². The number of likely N-dealkylation sites (tertiary alicyclic amines) is 1. The van der Waals surface area contributed by atoms with Crippen molar-refractivity contribution in [3.8, 4) is 0 Å². The van der Waals surface area contributed by atoms with E-state index in [0.717, 1.165) is 38.5 Å². The zero-order valence-electron chi connectivity index (χ0n) is 16.8. The molecule has 4 fully saturated rings. The average molecular weight is 413 g/mol. The molecule has 0 aromatic carbocycles. The van der Waals surface area contributed by atoms with Gasteiger partial charge in [0.25, 0.3) is 10.2 Å². The molecule has 8 nitrogen and oxygen atoms in total. The third-order valence-corrected chi connectivity index (χ3v) is 8.87. The van der Waals surface area contributed by atoms with Gasteiger partial charge in [-0.05, 0) is 25.7 Å². The first kappa shape index (κ1) is 20.1. The van der Waals surface area contributed by atoms with Crippen LogP contribution in [-0.4, -0.2) is 90.5 Å². The smallest absolute Gasteiger partial charge is 0.282 e. The fourth-order valence-corrected chi connectivity index (χ4v) is 6.43. The summed E-state index contributed by atoms with van der Waals surface area (Å²) in [6.07, 6.45) is 7.64. The third kappa shape index (κ3) is 3.93. The van der Waals surface area contributed by atoms with Crippen LogP contribution in [0.4, 0.5) is 0 Å². The molecule has 2 heterocycles. The van der Waals surface area contributed by atoms with E-state index in [1.54, 1.807) is 16.3 Å². The Morgan fingerprint density at radius 2 is 1.64 bits per heavy atom. The lowest BCUT2D eigenvalue weighted by molar-refractivity contribution is -0.137. The largest absolute Gasteiger partial charge is 0.340 e. The predicted molar refractivity (Wildman–Crippen MR) is 105 cm³/mol. The minimum absolute atomic E-state index is 0.00850. The van der Waals surface area contributed by atoms with Crippen molar-refractivity contribution >= 4 is 22.0 Å². The van der Waals surface area contributed by atoms with E-state index in [9.17, 15) is 18.0 Å². The van der Waals surface area contributed by atoms with E-state index in [1.807, 2.05) is 4.90 Å². The lowest BCUT2D eigenvalue weighted by atomic mass is 9.96. The summed E-state index contributed by atoms with van der Waals surface area (Å²) < 4.78 is 29.0. The van der Waals surface area contributed by atoms with Gasteiger partial charge in [0, 0.05) is 58.3 Å². The molecule has 0 bridgehead atoms. The molecule has 0 N–H and O–H groups in total. The number of hydrogen-bond acceptors (Lipinski definition) is 4. The Morgan fingerprint density at radius 3 is 2.25 bits per heavy atom. The van der Waals surface area contributed by atoms with Crippen molar-refractivity contribution in [1.82, 2.24) is 18.4 Å². The summed E-state index contributed by atoms with van der Waals surface area (Å²) in [4.78, 5) is 28.6. The first-order chi connectivity index (χ1) is 13.4. The normalized spacial score (nSPS) is 28.4. The average Bonchev–Trinajstić information content (AvgIpc) is 3.49. The molecule has 158 valence electrons. The Labute approximate surface area is 168 Å². The molecule has 0 aromatic heterocycles. The maximum atomic E-state index is 13.0. The van der Waals surface area contributed by atoms with Crippen molar-refractivity contribution in [2.24, 2.45) is 5.92 Å². The summed E-state index contributed by atoms with van der Waals surface area (Å²) >= 11 is 0. The van der Waals surface area contributed by atoms with E-state index in [-0.39, 0.29) is 23.8 Å². The van der Waals surface area contributed by atoms with Crippen LogP contribution in [0.1, 0.15) is 51.4 Å². The zero-order valence-corrected chi connectivity index (χ0v) is 17.6. The Bertz CT molecular complexity index is 709. The molecule has 2 aliphatic heterocycles. The number of amides is 2. The summed E-state index contributed by atoms with van der Waals surface area (Å²) in [6, 6.07) is 0.443. The fraction of sp³-hybridized carbons (Fsp3) is 0.895. The second-order valence-corrected chi connectivity index (χ2v) is 10.7. The molecular formula is C19H32N4O4S. The first-order valence-corrected chi connectivity index (χ1v) is 12.1. The maximum absolute atomic E-state index is 13.0. The molecule has 0 spiro atoms. The molecule has 0 aromatic rings. The minimum atomic E-state index is -3.48. The van der Waals surface area contributed by atoms with Gasteiger partial charge >= 0.3 is 0 Å². The summed E-state index contributed by atoms with van der Waals surface area (Å²) in [7, 11) is -1.79. The van der Waals surface area contributed by atoms with Gasteiger partial charge in [-0.3, -0.25) is 9.59 Å². The highest BCUT2D eigenvalue weighted by molar-refractivity contribution is 7.86. The van der Waals surface area contributed by atoms with Gasteiger partial charge in [0.15, 0.2) is 0 Å². The number of carbonyl (C=O) groups is 2. The number of piperazine rings is 1. The van der Waals surface area contributed by atoms with Gasteiger partial charge in [-0.2, -0.15) is 17.0 Å². The Hall–Kier alpha value is -1.19. The fourth-order valence-electron chi connectivity index (χ4n) is 4.85. The van der Waals surface area contributed by atoms with Crippen molar-refractivity contribution < 1.29 is 18.0 Å². The van der Waals surface area contributed by atoms with E-state index in [1.165, 1.54) is 10.7 Å². The van der Waals surface area contributed by atoms with Crippen LogP contribution >= 0.6 is 0 Å². The highest BCUT2D eigenvalue weighted by Crippen LogP contribution is 2.33. The number of rotatable bonds is 5. The summed E-state index contributed by atoms with van der Waals surface area (Å²) in [5, 5.41) is 0. The van der Waals surface area contributed by atoms with Gasteiger partial charge in [0.2, 0.25) is 11.8 Å². The first-order valence-electron chi connectivity index (χ1n) is 10.7. The summed E-state index contributed by atoms with van der Waals surface area (Å²) in [5.74, 6) is -0.161. The zero-order chi connectivity index (χ0) is 19.9. The van der Waals surface area contributed by atoms with Gasteiger partial charge in [0.1, 0.15) is 0 Å². The molecule has 9 heteroatoms. The van der Waals surface area contributed by atoms with Crippen LogP contribution in [-0.2, 0) is 19.8 Å². The molecule has 2 amide bonds. The van der Waals surface area contributed by atoms with Crippen molar-refractivity contribution in [2.45, 2.75) is 63.5 Å². The molecule has 4 rings (SSSR count). The van der Waals surface area contributed by atoms with Crippen LogP contribution in [0.15, 0.2) is 0 Å². The van der Waals surface area contributed by atoms with Crippen molar-refractivity contribution in [1.29, 1.82) is 0 Å². The molecule has 2 aliphatic carbocycles. The van der Waals surface area contributed by atoms with Gasteiger partial charge in [-0.1, -0.05) is 19.3 Å². The lowest BCUT2D eigenvalue weighted by Crippen LogP contribution is -2.56. The molecular weight excluding hydrogens is 380 g/mol. The SMILES string of the molecule is CN(C1CCCCC1)S(=O)(=O)N1CCN(C(=O)C2CC(=O)N(C3CC3)C2)CC1. The molecule has 4 aliphatic rings. The minimum Gasteiger partial charge on any atom is -0.340 e. The topological polar surface area (TPSA) is 81.2 Å². The van der Waals surface area contributed by atoms with E-state index >= 15 is 0 Å². The van der Waals surface area contributed by atoms with Crippen LogP contribution in [0.2, 0.25) is 0 Å². The van der Waals surface area contributed by atoms with Gasteiger partial charge in [-0.15, -0.1) is 0 Å². The lowest BCUT2D eigenvalue weighted by Gasteiger charge is -2.39. The molecule has 1 unspecified atom stereocenters. The third-order valence-electron chi connectivity index (χ3n) is 6.82. The van der Waals surface area contributed by atoms with E-state index in [4.69, 9.17) is 0 Å². The van der Waals surface area contributed by atoms with Gasteiger partial charge in [-0.25, -0.2) is 0 Å². The van der Waals surface area contributed by atoms with Crippen LogP contribution in [0, 0.1) is 5.92 Å². The van der Waals surface area contributed by atoms with Crippen LogP contribution in [0.3, 0.4) is 0 Å². The Morgan fingerprint density at radius 1 is 1.00 bits per heavy atom. The van der Waals surface area contributed by atoms with Gasteiger partial charge < -0.3 is 9.80 Å². The van der Waals surface area contributed by atoms with Crippen LogP contribution < -0.4 is 0 Å². The maximum Gasteiger partial charge on any atom is 0.282 e. The molecule has 2 saturated heterocycles. The summed E-state index contributed by atoms with van der Waals surface area (Å²) in [5.41, 5.74) is 0. The van der Waals surface area contributed by atoms with Crippen molar-refractivity contribution in [3.63, 3.8) is 0 Å². The second-order valence-electron chi connectivity index (χ2n) is 8.72. The van der Waals surface area contributed by atoms with Crippen molar-refractivity contribution in [3.05, 3.63) is 0 Å². The van der Waals surface area contributed by atoms with E-state index in [2.05, 4.69) is 0 Å². The van der Waals surface area contributed by atoms with Crippen molar-refractivity contribution in [2.75, 3.05) is 39.8 Å². The molecule has 28 heavy (non-hydrogen) atoms. The highest BCUT2D eigenvalue weighted by Gasteiger charge is 2.43. The van der Waals surface area contributed by atoms with Crippen LogP contribution in [0.5, 0.6) is 0 Å². The molecule has 0 radical (unpaired) electrons. The second kappa shape index (κ2) is 7.91. The molecule has 2 saturated carbocycles. The molecule has 1 atom stereocenters. The highest BCUT2D eigenvalue weighted by atomic mass is 32.2. The predicted octanol–water partition coefficient (Wildman–Crippen LogP) is 0.651. The van der Waals surface area contributed by atoms with Gasteiger partial charge in [0.05, 0.1) is 5.92 Å². The number of nitrogens with zero attached hydrogens (tertiary/aromatic N) is 4. The Balaban J connectivity index is 1.31. The monoisotopic (exact) mass is 412 g/mol. The standard InChI is InChI=1S/C19H32N4O4S/c1-20(16-5-3-2-4-6-16)28(26,27)22-11-9-21(10-12-22)19(25)15-13-18(24)23(14-15)17-7-8-17/h15-17H,2-14H2,1H3.